The van der Waals surface area contributed by atoms with Gasteiger partial charge in [-0.3, -0.25) is 9.59 Å². The summed E-state index contributed by atoms with van der Waals surface area (Å²) in [5.74, 6) is 0.522. The first-order chi connectivity index (χ1) is 16.1. The van der Waals surface area contributed by atoms with E-state index in [0.29, 0.717) is 47.2 Å². The minimum absolute atomic E-state index is 0.346. The Morgan fingerprint density at radius 1 is 0.879 bits per heavy atom. The zero-order valence-corrected chi connectivity index (χ0v) is 18.6. The lowest BCUT2D eigenvalue weighted by Gasteiger charge is -2.22. The Hall–Kier alpha value is -4.06. The number of carbonyl (C=O) groups excluding carboxylic acids is 2. The molecule has 166 valence electrons. The van der Waals surface area contributed by atoms with Crippen LogP contribution in [0.1, 0.15) is 18.1 Å². The van der Waals surface area contributed by atoms with Crippen molar-refractivity contribution < 1.29 is 19.1 Å². The number of ether oxygens (including phenoxy) is 2. The van der Waals surface area contributed by atoms with Crippen molar-refractivity contribution in [2.24, 2.45) is 0 Å². The lowest BCUT2D eigenvalue weighted by atomic mass is 10.0. The standard InChI is InChI=1S/C27H24N2O4/c1-3-33-20-14-12-19(13-15-20)29-26(30)24(21-9-5-7-11-23(21)32-2)25(27(29)31)28-17-16-18-8-4-6-10-22(18)28/h4-15H,3,16-17H2,1-2H3. The molecule has 2 amide bonds. The van der Waals surface area contributed by atoms with Crippen LogP contribution in [0.15, 0.2) is 78.5 Å². The highest BCUT2D eigenvalue weighted by atomic mass is 16.5. The molecule has 0 radical (unpaired) electrons. The summed E-state index contributed by atoms with van der Waals surface area (Å²) in [5, 5.41) is 0. The average molecular weight is 440 g/mol. The Morgan fingerprint density at radius 2 is 1.61 bits per heavy atom. The van der Waals surface area contributed by atoms with Gasteiger partial charge < -0.3 is 14.4 Å². The molecule has 6 nitrogen and oxygen atoms in total. The highest BCUT2D eigenvalue weighted by Gasteiger charge is 2.44. The molecule has 0 unspecified atom stereocenters. The van der Waals surface area contributed by atoms with Gasteiger partial charge in [-0.05, 0) is 55.3 Å². The SMILES string of the molecule is CCOc1ccc(N2C(=O)C(c3ccccc3OC)=C(N3CCc4ccccc43)C2=O)cc1. The zero-order chi connectivity index (χ0) is 22.9. The van der Waals surface area contributed by atoms with Crippen molar-refractivity contribution in [1.29, 1.82) is 0 Å². The number of hydrogen-bond acceptors (Lipinski definition) is 5. The fraction of sp³-hybridized carbons (Fsp3) is 0.185. The summed E-state index contributed by atoms with van der Waals surface area (Å²) < 4.78 is 11.1. The molecule has 3 aromatic rings. The molecule has 0 N–H and O–H groups in total. The van der Waals surface area contributed by atoms with E-state index < -0.39 is 0 Å². The van der Waals surface area contributed by atoms with E-state index in [1.165, 1.54) is 4.90 Å². The summed E-state index contributed by atoms with van der Waals surface area (Å²) in [4.78, 5) is 30.9. The van der Waals surface area contributed by atoms with Crippen LogP contribution in [0.25, 0.3) is 5.57 Å². The first kappa shape index (κ1) is 20.8. The van der Waals surface area contributed by atoms with E-state index in [0.717, 1.165) is 17.7 Å². The minimum Gasteiger partial charge on any atom is -0.496 e. The van der Waals surface area contributed by atoms with Gasteiger partial charge in [0.15, 0.2) is 0 Å². The van der Waals surface area contributed by atoms with Crippen LogP contribution in [0.5, 0.6) is 11.5 Å². The molecule has 0 spiro atoms. The molecular weight excluding hydrogens is 416 g/mol. The third kappa shape index (κ3) is 3.44. The molecule has 2 aliphatic heterocycles. The highest BCUT2D eigenvalue weighted by molar-refractivity contribution is 6.46. The van der Waals surface area contributed by atoms with Gasteiger partial charge in [0.25, 0.3) is 11.8 Å². The van der Waals surface area contributed by atoms with Crippen molar-refractivity contribution in [2.75, 3.05) is 30.1 Å². The molecule has 6 heteroatoms. The summed E-state index contributed by atoms with van der Waals surface area (Å²) >= 11 is 0. The topological polar surface area (TPSA) is 59.1 Å². The van der Waals surface area contributed by atoms with Gasteiger partial charge in [-0.25, -0.2) is 4.90 Å². The van der Waals surface area contributed by atoms with E-state index in [1.807, 2.05) is 48.2 Å². The van der Waals surface area contributed by atoms with Crippen LogP contribution >= 0.6 is 0 Å². The third-order valence-corrected chi connectivity index (χ3v) is 6.00. The van der Waals surface area contributed by atoms with Gasteiger partial charge in [-0.1, -0.05) is 36.4 Å². The first-order valence-corrected chi connectivity index (χ1v) is 11.0. The van der Waals surface area contributed by atoms with Gasteiger partial charge in [-0.15, -0.1) is 0 Å². The number of fused-ring (bicyclic) bond motifs is 1. The number of carbonyl (C=O) groups is 2. The number of imide groups is 1. The Morgan fingerprint density at radius 3 is 2.36 bits per heavy atom. The molecule has 2 aliphatic rings. The Balaban J connectivity index is 1.65. The molecule has 0 saturated carbocycles. The summed E-state index contributed by atoms with van der Waals surface area (Å²) in [5.41, 5.74) is 3.94. The first-order valence-electron chi connectivity index (χ1n) is 11.0. The molecule has 0 bridgehead atoms. The summed E-state index contributed by atoms with van der Waals surface area (Å²) in [6, 6.07) is 22.3. The molecule has 0 fully saturated rings. The monoisotopic (exact) mass is 440 g/mol. The predicted molar refractivity (Wildman–Crippen MR) is 128 cm³/mol. The predicted octanol–water partition coefficient (Wildman–Crippen LogP) is 4.44. The van der Waals surface area contributed by atoms with Crippen LogP contribution in [0, 0.1) is 0 Å². The molecule has 2 heterocycles. The second-order valence-electron chi connectivity index (χ2n) is 7.83. The minimum atomic E-state index is -0.368. The molecule has 0 atom stereocenters. The van der Waals surface area contributed by atoms with Crippen molar-refractivity contribution in [1.82, 2.24) is 0 Å². The number of anilines is 2. The van der Waals surface area contributed by atoms with Crippen LogP contribution in [-0.4, -0.2) is 32.1 Å². The van der Waals surface area contributed by atoms with E-state index in [4.69, 9.17) is 9.47 Å². The van der Waals surface area contributed by atoms with E-state index in [-0.39, 0.29) is 11.8 Å². The van der Waals surface area contributed by atoms with Gasteiger partial charge >= 0.3 is 0 Å². The smallest absolute Gasteiger partial charge is 0.282 e. The number of benzene rings is 3. The van der Waals surface area contributed by atoms with E-state index >= 15 is 0 Å². The van der Waals surface area contributed by atoms with Crippen LogP contribution < -0.4 is 19.3 Å². The fourth-order valence-electron chi connectivity index (χ4n) is 4.53. The van der Waals surface area contributed by atoms with Crippen molar-refractivity contribution in [2.45, 2.75) is 13.3 Å². The van der Waals surface area contributed by atoms with Crippen molar-refractivity contribution in [3.05, 3.63) is 89.6 Å². The second-order valence-corrected chi connectivity index (χ2v) is 7.83. The van der Waals surface area contributed by atoms with Gasteiger partial charge in [0.2, 0.25) is 0 Å². The summed E-state index contributed by atoms with van der Waals surface area (Å²) in [6.07, 6.45) is 0.809. The molecule has 3 aromatic carbocycles. The van der Waals surface area contributed by atoms with Gasteiger partial charge in [0.05, 0.1) is 25.0 Å². The summed E-state index contributed by atoms with van der Waals surface area (Å²) in [7, 11) is 1.57. The zero-order valence-electron chi connectivity index (χ0n) is 18.6. The van der Waals surface area contributed by atoms with Crippen molar-refractivity contribution >= 4 is 28.8 Å². The molecule has 5 rings (SSSR count). The number of amides is 2. The van der Waals surface area contributed by atoms with E-state index in [2.05, 4.69) is 6.07 Å². The van der Waals surface area contributed by atoms with Gasteiger partial charge in [-0.2, -0.15) is 0 Å². The van der Waals surface area contributed by atoms with E-state index in [9.17, 15) is 9.59 Å². The highest BCUT2D eigenvalue weighted by Crippen LogP contribution is 2.42. The Bertz CT molecular complexity index is 1260. The summed E-state index contributed by atoms with van der Waals surface area (Å²) in [6.45, 7) is 3.08. The van der Waals surface area contributed by atoms with Crippen LogP contribution in [0.4, 0.5) is 11.4 Å². The molecular formula is C27H24N2O4. The van der Waals surface area contributed by atoms with E-state index in [1.54, 1.807) is 37.4 Å². The Labute approximate surface area is 192 Å². The van der Waals surface area contributed by atoms with Crippen LogP contribution in [-0.2, 0) is 16.0 Å². The average Bonchev–Trinajstić information content (AvgIpc) is 3.37. The number of hydrogen-bond donors (Lipinski definition) is 0. The van der Waals surface area contributed by atoms with Gasteiger partial charge in [0.1, 0.15) is 17.2 Å². The maximum absolute atomic E-state index is 13.8. The lowest BCUT2D eigenvalue weighted by Crippen LogP contribution is -2.34. The van der Waals surface area contributed by atoms with Crippen molar-refractivity contribution in [3.63, 3.8) is 0 Å². The quantitative estimate of drug-likeness (QED) is 0.531. The molecule has 0 aliphatic carbocycles. The van der Waals surface area contributed by atoms with Crippen LogP contribution in [0.2, 0.25) is 0 Å². The maximum Gasteiger partial charge on any atom is 0.282 e. The molecule has 0 saturated heterocycles. The number of para-hydroxylation sites is 2. The second kappa shape index (κ2) is 8.47. The number of methoxy groups -OCH3 is 1. The maximum atomic E-state index is 13.8. The normalized spacial score (nSPS) is 15.3. The Kier molecular flexibility index (Phi) is 5.34. The molecule has 0 aromatic heterocycles. The largest absolute Gasteiger partial charge is 0.496 e. The van der Waals surface area contributed by atoms with Gasteiger partial charge in [0, 0.05) is 17.8 Å². The fourth-order valence-corrected chi connectivity index (χ4v) is 4.53. The molecule has 33 heavy (non-hydrogen) atoms. The van der Waals surface area contributed by atoms with Crippen molar-refractivity contribution in [3.8, 4) is 11.5 Å². The number of nitrogens with zero attached hydrogens (tertiary/aromatic N) is 2. The third-order valence-electron chi connectivity index (χ3n) is 6.00. The van der Waals surface area contributed by atoms with Crippen LogP contribution in [0.3, 0.4) is 0 Å². The number of rotatable bonds is 6. The lowest BCUT2D eigenvalue weighted by molar-refractivity contribution is -0.120.